The summed E-state index contributed by atoms with van der Waals surface area (Å²) in [5.41, 5.74) is 3.68. The van der Waals surface area contributed by atoms with E-state index in [4.69, 9.17) is 0 Å². The molecule has 0 aliphatic carbocycles. The van der Waals surface area contributed by atoms with Crippen molar-refractivity contribution in [3.05, 3.63) is 131 Å². The number of nitrogens with zero attached hydrogens (tertiary/aromatic N) is 2. The number of phenols is 2. The van der Waals surface area contributed by atoms with Gasteiger partial charge in [0.25, 0.3) is 20.0 Å². The van der Waals surface area contributed by atoms with Crippen LogP contribution in [0.1, 0.15) is 22.3 Å². The number of anilines is 2. The van der Waals surface area contributed by atoms with Crippen molar-refractivity contribution in [2.24, 2.45) is 9.98 Å². The zero-order valence-electron chi connectivity index (χ0n) is 25.1. The molecule has 0 saturated heterocycles. The van der Waals surface area contributed by atoms with Gasteiger partial charge in [-0.2, -0.15) is 0 Å². The summed E-state index contributed by atoms with van der Waals surface area (Å²) in [7, 11) is -7.71. The molecule has 0 aliphatic heterocycles. The summed E-state index contributed by atoms with van der Waals surface area (Å²) < 4.78 is 56.4. The smallest absolute Gasteiger partial charge is 0.261 e. The van der Waals surface area contributed by atoms with Gasteiger partial charge < -0.3 is 10.2 Å². The first-order chi connectivity index (χ1) is 21.9. The third kappa shape index (κ3) is 8.94. The Kier molecular flexibility index (Phi) is 11.0. The third-order valence-electron chi connectivity index (χ3n) is 6.79. The second-order valence-corrected chi connectivity index (χ2v) is 13.8. The van der Waals surface area contributed by atoms with Crippen molar-refractivity contribution in [1.82, 2.24) is 0 Å². The number of aromatic hydroxyl groups is 2. The number of para-hydroxylation sites is 2. The molecule has 0 fully saturated rings. The number of nitrogens with one attached hydrogen (secondary N) is 2. The maximum absolute atomic E-state index is 12.8. The van der Waals surface area contributed by atoms with Crippen LogP contribution in [0.25, 0.3) is 0 Å². The minimum absolute atomic E-state index is 0. The molecule has 4 N–H and O–H groups in total. The third-order valence-corrected chi connectivity index (χ3v) is 9.58. The number of sulfonamides is 2. The maximum Gasteiger partial charge on any atom is 0.261 e. The largest absolute Gasteiger partial charge is 0.507 e. The molecule has 0 heterocycles. The first-order valence-corrected chi connectivity index (χ1v) is 16.9. The Labute approximate surface area is 288 Å². The molecule has 244 valence electrons. The molecule has 0 spiro atoms. The van der Waals surface area contributed by atoms with Crippen molar-refractivity contribution in [3.8, 4) is 11.5 Å². The van der Waals surface area contributed by atoms with Crippen LogP contribution >= 0.6 is 0 Å². The Balaban J connectivity index is 0.00000500. The number of phenolic OH excluding ortho intramolecular Hbond substituents is 2. The van der Waals surface area contributed by atoms with Crippen LogP contribution in [0.2, 0.25) is 0 Å². The molecule has 47 heavy (non-hydrogen) atoms. The van der Waals surface area contributed by atoms with Crippen molar-refractivity contribution in [2.75, 3.05) is 9.44 Å². The number of hydrogen-bond donors (Lipinski definition) is 4. The fourth-order valence-corrected chi connectivity index (χ4v) is 6.37. The van der Waals surface area contributed by atoms with Gasteiger partial charge in [-0.15, -0.1) is 0 Å². The van der Waals surface area contributed by atoms with Crippen molar-refractivity contribution >= 4 is 55.2 Å². The summed E-state index contributed by atoms with van der Waals surface area (Å²) in [6.45, 7) is 3.72. The standard InChI is InChI=1S/C34H30N4O6S2.Pt/c1-23-7-13-29(14-8-23)45(41,42)37-27-11-17-33(39)25(19-27)21-35-31-5-3-4-6-32(31)36-22-26-20-28(12-18-34(26)40)38-46(43,44)30-15-9-24(2)10-16-30;/h3-22,37-40H,1-2H3;. The average Bonchev–Trinajstić information content (AvgIpc) is 3.02. The van der Waals surface area contributed by atoms with Crippen LogP contribution in [-0.4, -0.2) is 39.5 Å². The van der Waals surface area contributed by atoms with Crippen LogP contribution in [0.3, 0.4) is 0 Å². The van der Waals surface area contributed by atoms with Crippen LogP contribution in [0.4, 0.5) is 22.7 Å². The van der Waals surface area contributed by atoms with E-state index in [0.717, 1.165) is 11.1 Å². The van der Waals surface area contributed by atoms with Gasteiger partial charge in [-0.05, 0) is 86.6 Å². The SMILES string of the molecule is Cc1ccc(S(=O)(=O)Nc2ccc(O)c(C=Nc3ccccc3N=Cc3cc(NS(=O)(=O)c4ccc(C)cc4)ccc3O)c2)cc1.[Pt]. The molecule has 0 unspecified atom stereocenters. The molecule has 5 rings (SSSR count). The first kappa shape index (κ1) is 35.1. The summed E-state index contributed by atoms with van der Waals surface area (Å²) in [5, 5.41) is 20.9. The fraction of sp³-hybridized carbons (Fsp3) is 0.0588. The van der Waals surface area contributed by atoms with E-state index in [9.17, 15) is 27.0 Å². The molecular formula is C34H30N4O6PtS2. The number of benzene rings is 5. The topological polar surface area (TPSA) is 158 Å². The molecule has 0 aliphatic rings. The van der Waals surface area contributed by atoms with E-state index in [1.807, 2.05) is 13.8 Å². The maximum atomic E-state index is 12.8. The molecule has 5 aromatic rings. The van der Waals surface area contributed by atoms with Gasteiger partial charge in [-0.1, -0.05) is 47.5 Å². The predicted molar refractivity (Wildman–Crippen MR) is 181 cm³/mol. The van der Waals surface area contributed by atoms with E-state index >= 15 is 0 Å². The minimum atomic E-state index is -3.85. The Morgan fingerprint density at radius 1 is 0.553 bits per heavy atom. The van der Waals surface area contributed by atoms with E-state index in [0.29, 0.717) is 11.4 Å². The Bertz CT molecular complexity index is 2010. The van der Waals surface area contributed by atoms with Gasteiger partial charge in [-0.3, -0.25) is 19.4 Å². The number of aliphatic imine (C=N–C) groups is 2. The van der Waals surface area contributed by atoms with Gasteiger partial charge in [0.2, 0.25) is 0 Å². The number of hydrogen-bond acceptors (Lipinski definition) is 8. The summed E-state index contributed by atoms with van der Waals surface area (Å²) in [5.74, 6) is -0.226. The van der Waals surface area contributed by atoms with E-state index < -0.39 is 20.0 Å². The van der Waals surface area contributed by atoms with Gasteiger partial charge in [-0.25, -0.2) is 16.8 Å². The molecular weight excluding hydrogens is 820 g/mol. The molecule has 0 radical (unpaired) electrons. The van der Waals surface area contributed by atoms with Gasteiger partial charge >= 0.3 is 0 Å². The fourth-order valence-electron chi connectivity index (χ4n) is 4.27. The van der Waals surface area contributed by atoms with Crippen LogP contribution < -0.4 is 9.44 Å². The van der Waals surface area contributed by atoms with Gasteiger partial charge in [0.1, 0.15) is 11.5 Å². The second-order valence-electron chi connectivity index (χ2n) is 10.4. The van der Waals surface area contributed by atoms with Crippen LogP contribution in [-0.2, 0) is 41.1 Å². The first-order valence-electron chi connectivity index (χ1n) is 13.9. The van der Waals surface area contributed by atoms with Crippen molar-refractivity contribution < 1.29 is 48.1 Å². The minimum Gasteiger partial charge on any atom is -0.507 e. The Morgan fingerprint density at radius 2 is 0.915 bits per heavy atom. The summed E-state index contributed by atoms with van der Waals surface area (Å²) in [6.07, 6.45) is 2.76. The monoisotopic (exact) mass is 849 g/mol. The number of rotatable bonds is 10. The second kappa shape index (κ2) is 14.8. The number of aryl methyl sites for hydroxylation is 2. The van der Waals surface area contributed by atoms with Crippen molar-refractivity contribution in [2.45, 2.75) is 23.6 Å². The van der Waals surface area contributed by atoms with Gasteiger partial charge in [0, 0.05) is 56.0 Å². The molecule has 0 atom stereocenters. The summed E-state index contributed by atoms with van der Waals surface area (Å²) in [4.78, 5) is 9.12. The average molecular weight is 850 g/mol. The van der Waals surface area contributed by atoms with Crippen molar-refractivity contribution in [3.63, 3.8) is 0 Å². The Hall–Kier alpha value is -4.77. The van der Waals surface area contributed by atoms with Gasteiger partial charge in [0.15, 0.2) is 0 Å². The van der Waals surface area contributed by atoms with Crippen molar-refractivity contribution in [1.29, 1.82) is 0 Å². The molecule has 0 aromatic heterocycles. The van der Waals surface area contributed by atoms with E-state index in [1.165, 1.54) is 73.1 Å². The van der Waals surface area contributed by atoms with Gasteiger partial charge in [0.05, 0.1) is 21.2 Å². The van der Waals surface area contributed by atoms with E-state index in [2.05, 4.69) is 19.4 Å². The summed E-state index contributed by atoms with van der Waals surface area (Å²) >= 11 is 0. The van der Waals surface area contributed by atoms with Crippen LogP contribution in [0.5, 0.6) is 11.5 Å². The van der Waals surface area contributed by atoms with E-state index in [1.54, 1.807) is 48.5 Å². The molecule has 13 heteroatoms. The van der Waals surface area contributed by atoms with Crippen LogP contribution in [0.15, 0.2) is 129 Å². The zero-order chi connectivity index (χ0) is 32.9. The zero-order valence-corrected chi connectivity index (χ0v) is 29.0. The van der Waals surface area contributed by atoms with E-state index in [-0.39, 0.29) is 64.9 Å². The normalized spacial score (nSPS) is 11.8. The molecule has 5 aromatic carbocycles. The molecule has 0 saturated carbocycles. The quantitative estimate of drug-likeness (QED) is 0.0894. The molecule has 0 bridgehead atoms. The predicted octanol–water partition coefficient (Wildman–Crippen LogP) is 6.81. The molecule has 10 nitrogen and oxygen atoms in total. The van der Waals surface area contributed by atoms with Crippen LogP contribution in [0, 0.1) is 13.8 Å². The molecule has 0 amide bonds. The summed E-state index contributed by atoms with van der Waals surface area (Å²) in [6, 6.07) is 28.3. The Morgan fingerprint density at radius 3 is 1.28 bits per heavy atom.